The number of benzene rings is 1. The van der Waals surface area contributed by atoms with E-state index in [9.17, 15) is 14.0 Å². The molecule has 1 saturated carbocycles. The number of ether oxygens (including phenoxy) is 1. The van der Waals surface area contributed by atoms with Crippen molar-refractivity contribution in [1.29, 1.82) is 5.26 Å². The maximum absolute atomic E-state index is 13.1. The minimum absolute atomic E-state index is 0.138. The van der Waals surface area contributed by atoms with Crippen LogP contribution in [0.3, 0.4) is 0 Å². The SMILES string of the molecule is CCCNC(C#N)(COc1ccc(F)c(F)c1)C1CC1. The standard InChI is InChI=1S/C15H18F2N2O/c1-2-7-19-15(9-18,11-3-4-11)10-20-12-5-6-13(16)14(17)8-12/h5-6,8,11,19H,2-4,7,10H2,1H3. The lowest BCUT2D eigenvalue weighted by molar-refractivity contribution is 0.201. The van der Waals surface area contributed by atoms with E-state index >= 15 is 0 Å². The van der Waals surface area contributed by atoms with Gasteiger partial charge < -0.3 is 4.74 Å². The van der Waals surface area contributed by atoms with Gasteiger partial charge >= 0.3 is 0 Å². The van der Waals surface area contributed by atoms with Crippen LogP contribution >= 0.6 is 0 Å². The van der Waals surface area contributed by atoms with E-state index in [2.05, 4.69) is 11.4 Å². The third-order valence-electron chi connectivity index (χ3n) is 3.52. The normalized spacial score (nSPS) is 17.3. The number of hydrogen-bond acceptors (Lipinski definition) is 3. The summed E-state index contributed by atoms with van der Waals surface area (Å²) < 4.78 is 31.5. The van der Waals surface area contributed by atoms with Crippen LogP contribution in [0, 0.1) is 28.9 Å². The van der Waals surface area contributed by atoms with Gasteiger partial charge in [-0.1, -0.05) is 6.92 Å². The summed E-state index contributed by atoms with van der Waals surface area (Å²) in [6, 6.07) is 5.70. The van der Waals surface area contributed by atoms with E-state index in [4.69, 9.17) is 4.74 Å². The number of rotatable bonds is 7. The summed E-state index contributed by atoms with van der Waals surface area (Å²) in [7, 11) is 0. The van der Waals surface area contributed by atoms with Crippen LogP contribution < -0.4 is 10.1 Å². The number of nitrogens with zero attached hydrogens (tertiary/aromatic N) is 1. The Hall–Kier alpha value is -1.67. The molecule has 0 aliphatic heterocycles. The zero-order chi connectivity index (χ0) is 14.6. The third-order valence-corrected chi connectivity index (χ3v) is 3.52. The van der Waals surface area contributed by atoms with Crippen molar-refractivity contribution in [3.05, 3.63) is 29.8 Å². The molecule has 0 heterocycles. The Morgan fingerprint density at radius 3 is 2.70 bits per heavy atom. The highest BCUT2D eigenvalue weighted by atomic mass is 19.2. The van der Waals surface area contributed by atoms with Crippen molar-refractivity contribution in [1.82, 2.24) is 5.32 Å². The molecule has 2 rings (SSSR count). The van der Waals surface area contributed by atoms with Gasteiger partial charge in [0, 0.05) is 6.07 Å². The van der Waals surface area contributed by atoms with Gasteiger partial charge in [-0.15, -0.1) is 0 Å². The molecule has 1 aliphatic carbocycles. The van der Waals surface area contributed by atoms with E-state index in [0.717, 1.165) is 37.9 Å². The average molecular weight is 280 g/mol. The Bertz CT molecular complexity index is 511. The molecule has 0 spiro atoms. The molecule has 1 aromatic rings. The molecule has 0 aromatic heterocycles. The lowest BCUT2D eigenvalue weighted by Gasteiger charge is -2.28. The molecule has 1 fully saturated rings. The summed E-state index contributed by atoms with van der Waals surface area (Å²) in [5.74, 6) is -1.35. The Morgan fingerprint density at radius 2 is 2.15 bits per heavy atom. The fourth-order valence-corrected chi connectivity index (χ4v) is 2.16. The summed E-state index contributed by atoms with van der Waals surface area (Å²) in [5, 5.41) is 12.7. The minimum Gasteiger partial charge on any atom is -0.490 e. The van der Waals surface area contributed by atoms with Gasteiger partial charge in [0.05, 0.1) is 6.07 Å². The highest BCUT2D eigenvalue weighted by Crippen LogP contribution is 2.39. The predicted octanol–water partition coefficient (Wildman–Crippen LogP) is 3.02. The van der Waals surface area contributed by atoms with Gasteiger partial charge in [-0.05, 0) is 43.9 Å². The van der Waals surface area contributed by atoms with Gasteiger partial charge in [0.2, 0.25) is 0 Å². The van der Waals surface area contributed by atoms with Crippen LogP contribution in [0.4, 0.5) is 8.78 Å². The highest BCUT2D eigenvalue weighted by Gasteiger charge is 2.46. The van der Waals surface area contributed by atoms with Crippen molar-refractivity contribution in [2.75, 3.05) is 13.2 Å². The van der Waals surface area contributed by atoms with Crippen molar-refractivity contribution in [2.45, 2.75) is 31.7 Å². The van der Waals surface area contributed by atoms with Crippen LogP contribution in [0.2, 0.25) is 0 Å². The highest BCUT2D eigenvalue weighted by molar-refractivity contribution is 5.25. The van der Waals surface area contributed by atoms with Gasteiger partial charge in [0.1, 0.15) is 17.9 Å². The Morgan fingerprint density at radius 1 is 1.40 bits per heavy atom. The largest absolute Gasteiger partial charge is 0.490 e. The van der Waals surface area contributed by atoms with Crippen LogP contribution in [0.25, 0.3) is 0 Å². The van der Waals surface area contributed by atoms with E-state index in [1.807, 2.05) is 6.92 Å². The molecule has 108 valence electrons. The molecule has 1 aromatic carbocycles. The first-order valence-electron chi connectivity index (χ1n) is 6.85. The predicted molar refractivity (Wildman–Crippen MR) is 71.2 cm³/mol. The quantitative estimate of drug-likeness (QED) is 0.835. The molecule has 0 saturated heterocycles. The average Bonchev–Trinajstić information content (AvgIpc) is 3.28. The molecule has 1 unspecified atom stereocenters. The molecule has 1 atom stereocenters. The van der Waals surface area contributed by atoms with Crippen LogP contribution in [0.15, 0.2) is 18.2 Å². The van der Waals surface area contributed by atoms with Crippen LogP contribution in [-0.4, -0.2) is 18.7 Å². The van der Waals surface area contributed by atoms with Gasteiger partial charge in [-0.2, -0.15) is 5.26 Å². The summed E-state index contributed by atoms with van der Waals surface area (Å²) in [6.45, 7) is 2.89. The number of hydrogen-bond donors (Lipinski definition) is 1. The smallest absolute Gasteiger partial charge is 0.162 e. The second-order valence-corrected chi connectivity index (χ2v) is 5.15. The summed E-state index contributed by atoms with van der Waals surface area (Å²) in [5.41, 5.74) is -0.735. The van der Waals surface area contributed by atoms with Crippen molar-refractivity contribution >= 4 is 0 Å². The molecular formula is C15H18F2N2O. The van der Waals surface area contributed by atoms with E-state index in [1.54, 1.807) is 0 Å². The van der Waals surface area contributed by atoms with Gasteiger partial charge in [-0.3, -0.25) is 5.32 Å². The van der Waals surface area contributed by atoms with Crippen LogP contribution in [-0.2, 0) is 0 Å². The lowest BCUT2D eigenvalue weighted by Crippen LogP contribution is -2.51. The Balaban J connectivity index is 2.04. The second-order valence-electron chi connectivity index (χ2n) is 5.15. The van der Waals surface area contributed by atoms with E-state index in [1.165, 1.54) is 6.07 Å². The molecule has 1 N–H and O–H groups in total. The fourth-order valence-electron chi connectivity index (χ4n) is 2.16. The van der Waals surface area contributed by atoms with Gasteiger partial charge in [0.25, 0.3) is 0 Å². The van der Waals surface area contributed by atoms with Gasteiger partial charge in [-0.25, -0.2) is 8.78 Å². The third kappa shape index (κ3) is 3.26. The first-order chi connectivity index (χ1) is 9.61. The molecule has 0 bridgehead atoms. The first-order valence-corrected chi connectivity index (χ1v) is 6.85. The number of nitrogens with one attached hydrogen (secondary N) is 1. The van der Waals surface area contributed by atoms with Crippen LogP contribution in [0.5, 0.6) is 5.75 Å². The Labute approximate surface area is 117 Å². The second kappa shape index (κ2) is 6.19. The molecule has 0 amide bonds. The maximum Gasteiger partial charge on any atom is 0.162 e. The summed E-state index contributed by atoms with van der Waals surface area (Å²) in [6.07, 6.45) is 2.90. The van der Waals surface area contributed by atoms with E-state index in [-0.39, 0.29) is 18.3 Å². The van der Waals surface area contributed by atoms with E-state index < -0.39 is 17.2 Å². The van der Waals surface area contributed by atoms with E-state index in [0.29, 0.717) is 0 Å². The molecule has 20 heavy (non-hydrogen) atoms. The molecule has 1 aliphatic rings. The fraction of sp³-hybridized carbons (Fsp3) is 0.533. The molecule has 0 radical (unpaired) electrons. The zero-order valence-electron chi connectivity index (χ0n) is 11.5. The number of nitriles is 1. The molecule has 5 heteroatoms. The van der Waals surface area contributed by atoms with Crippen molar-refractivity contribution in [3.8, 4) is 11.8 Å². The zero-order valence-corrected chi connectivity index (χ0v) is 11.5. The summed E-state index contributed by atoms with van der Waals surface area (Å²) in [4.78, 5) is 0. The lowest BCUT2D eigenvalue weighted by atomic mass is 9.96. The van der Waals surface area contributed by atoms with Crippen molar-refractivity contribution in [2.24, 2.45) is 5.92 Å². The van der Waals surface area contributed by atoms with Crippen molar-refractivity contribution < 1.29 is 13.5 Å². The maximum atomic E-state index is 13.1. The van der Waals surface area contributed by atoms with Gasteiger partial charge in [0.15, 0.2) is 11.6 Å². The molecular weight excluding hydrogens is 262 g/mol. The number of halogens is 2. The Kier molecular flexibility index (Phi) is 4.56. The topological polar surface area (TPSA) is 45.0 Å². The van der Waals surface area contributed by atoms with Crippen molar-refractivity contribution in [3.63, 3.8) is 0 Å². The first kappa shape index (κ1) is 14.7. The minimum atomic E-state index is -0.946. The summed E-state index contributed by atoms with van der Waals surface area (Å²) >= 11 is 0. The monoisotopic (exact) mass is 280 g/mol. The molecule has 3 nitrogen and oxygen atoms in total. The van der Waals surface area contributed by atoms with Crippen LogP contribution in [0.1, 0.15) is 26.2 Å².